The van der Waals surface area contributed by atoms with Crippen LogP contribution < -0.4 is 5.56 Å². The molecule has 0 saturated heterocycles. The van der Waals surface area contributed by atoms with Crippen molar-refractivity contribution in [3.05, 3.63) is 70.1 Å². The minimum absolute atomic E-state index is 0.104. The van der Waals surface area contributed by atoms with Crippen molar-refractivity contribution >= 4 is 5.91 Å². The molecule has 4 nitrogen and oxygen atoms in total. The summed E-state index contributed by atoms with van der Waals surface area (Å²) in [5.74, 6) is -0.104. The van der Waals surface area contributed by atoms with Gasteiger partial charge in [-0.2, -0.15) is 0 Å². The van der Waals surface area contributed by atoms with E-state index in [-0.39, 0.29) is 17.5 Å². The highest BCUT2D eigenvalue weighted by Crippen LogP contribution is 2.14. The predicted octanol–water partition coefficient (Wildman–Crippen LogP) is 3.25. The summed E-state index contributed by atoms with van der Waals surface area (Å²) in [6.45, 7) is 4.82. The first-order valence-electron chi connectivity index (χ1n) is 8.20. The minimum atomic E-state index is -0.247. The van der Waals surface area contributed by atoms with E-state index in [1.54, 1.807) is 12.1 Å². The van der Waals surface area contributed by atoms with Crippen molar-refractivity contribution in [1.29, 1.82) is 0 Å². The van der Waals surface area contributed by atoms with E-state index in [0.29, 0.717) is 12.2 Å². The number of nitrogens with one attached hydrogen (secondary N) is 1. The summed E-state index contributed by atoms with van der Waals surface area (Å²) in [5.41, 5.74) is 1.32. The Labute approximate surface area is 137 Å². The third kappa shape index (κ3) is 4.55. The maximum absolute atomic E-state index is 12.8. The number of amides is 1. The number of aromatic nitrogens is 1. The Hall–Kier alpha value is -2.36. The van der Waals surface area contributed by atoms with E-state index in [4.69, 9.17) is 0 Å². The quantitative estimate of drug-likeness (QED) is 0.853. The van der Waals surface area contributed by atoms with Crippen LogP contribution in [0.4, 0.5) is 0 Å². The summed E-state index contributed by atoms with van der Waals surface area (Å²) in [6, 6.07) is 15.0. The molecule has 0 atom stereocenters. The van der Waals surface area contributed by atoms with Crippen molar-refractivity contribution < 1.29 is 4.79 Å². The largest absolute Gasteiger partial charge is 0.334 e. The van der Waals surface area contributed by atoms with Crippen LogP contribution in [0.1, 0.15) is 42.7 Å². The molecule has 0 spiro atoms. The number of H-pyrrole nitrogens is 1. The molecule has 0 unspecified atom stereocenters. The number of hydrogen-bond donors (Lipinski definition) is 1. The maximum Gasteiger partial charge on any atom is 0.270 e. The molecule has 122 valence electrons. The normalized spacial score (nSPS) is 10.7. The van der Waals surface area contributed by atoms with E-state index in [1.165, 1.54) is 11.6 Å². The Bertz CT molecular complexity index is 675. The molecule has 4 heteroatoms. The van der Waals surface area contributed by atoms with Crippen molar-refractivity contribution in [2.45, 2.75) is 39.2 Å². The lowest BCUT2D eigenvalue weighted by Crippen LogP contribution is -2.41. The van der Waals surface area contributed by atoms with Crippen LogP contribution in [0.15, 0.2) is 53.3 Å². The van der Waals surface area contributed by atoms with Gasteiger partial charge in [0.05, 0.1) is 0 Å². The van der Waals surface area contributed by atoms with Crippen molar-refractivity contribution in [2.75, 3.05) is 6.54 Å². The van der Waals surface area contributed by atoms with Crippen molar-refractivity contribution in [1.82, 2.24) is 9.88 Å². The van der Waals surface area contributed by atoms with Crippen LogP contribution >= 0.6 is 0 Å². The zero-order valence-corrected chi connectivity index (χ0v) is 13.8. The van der Waals surface area contributed by atoms with E-state index >= 15 is 0 Å². The third-order valence-corrected chi connectivity index (χ3v) is 4.13. The van der Waals surface area contributed by atoms with Crippen molar-refractivity contribution in [3.8, 4) is 0 Å². The molecule has 0 fully saturated rings. The third-order valence-electron chi connectivity index (χ3n) is 4.13. The van der Waals surface area contributed by atoms with Crippen LogP contribution in [-0.4, -0.2) is 28.4 Å². The molecule has 1 aromatic carbocycles. The van der Waals surface area contributed by atoms with E-state index in [9.17, 15) is 9.59 Å². The van der Waals surface area contributed by atoms with Gasteiger partial charge in [0, 0.05) is 18.7 Å². The highest BCUT2D eigenvalue weighted by molar-refractivity contribution is 5.92. The van der Waals surface area contributed by atoms with Gasteiger partial charge in [-0.05, 0) is 30.9 Å². The topological polar surface area (TPSA) is 53.2 Å². The first kappa shape index (κ1) is 17.0. The highest BCUT2D eigenvalue weighted by atomic mass is 16.2. The molecule has 0 aliphatic carbocycles. The first-order valence-corrected chi connectivity index (χ1v) is 8.20. The molecule has 0 aliphatic rings. The average molecular weight is 312 g/mol. The van der Waals surface area contributed by atoms with E-state index in [2.05, 4.69) is 31.0 Å². The Morgan fingerprint density at radius 2 is 1.74 bits per heavy atom. The molecule has 1 aromatic heterocycles. The number of aromatic amines is 1. The van der Waals surface area contributed by atoms with Crippen molar-refractivity contribution in [3.63, 3.8) is 0 Å². The standard InChI is InChI=1S/C19H24N2O2/c1-3-16(4-2)21(14-13-15-9-6-5-7-10-15)19(23)17-11-8-12-18(22)20-17/h5-12,16H,3-4,13-14H2,1-2H3,(H,20,22). The first-order chi connectivity index (χ1) is 11.2. The van der Waals surface area contributed by atoms with Crippen LogP contribution in [-0.2, 0) is 6.42 Å². The molecule has 2 aromatic rings. The average Bonchev–Trinajstić information content (AvgIpc) is 2.59. The van der Waals surface area contributed by atoms with E-state index < -0.39 is 0 Å². The number of benzene rings is 1. The lowest BCUT2D eigenvalue weighted by Gasteiger charge is -2.30. The van der Waals surface area contributed by atoms with Crippen LogP contribution in [0.2, 0.25) is 0 Å². The molecule has 0 saturated carbocycles. The smallest absolute Gasteiger partial charge is 0.270 e. The predicted molar refractivity (Wildman–Crippen MR) is 92.6 cm³/mol. The fourth-order valence-electron chi connectivity index (χ4n) is 2.80. The lowest BCUT2D eigenvalue weighted by atomic mass is 10.1. The Morgan fingerprint density at radius 1 is 1.04 bits per heavy atom. The zero-order chi connectivity index (χ0) is 16.7. The van der Waals surface area contributed by atoms with Gasteiger partial charge < -0.3 is 9.88 Å². The highest BCUT2D eigenvalue weighted by Gasteiger charge is 2.22. The molecule has 0 radical (unpaired) electrons. The molecular formula is C19H24N2O2. The molecule has 1 amide bonds. The number of hydrogen-bond acceptors (Lipinski definition) is 2. The van der Waals surface area contributed by atoms with Crippen LogP contribution in [0, 0.1) is 0 Å². The van der Waals surface area contributed by atoms with Crippen LogP contribution in [0.3, 0.4) is 0 Å². The van der Waals surface area contributed by atoms with Crippen LogP contribution in [0.25, 0.3) is 0 Å². The van der Waals surface area contributed by atoms with Gasteiger partial charge in [0.15, 0.2) is 0 Å². The van der Waals surface area contributed by atoms with Crippen molar-refractivity contribution in [2.24, 2.45) is 0 Å². The van der Waals surface area contributed by atoms with Crippen LogP contribution in [0.5, 0.6) is 0 Å². The van der Waals surface area contributed by atoms with Gasteiger partial charge in [0.25, 0.3) is 5.91 Å². The second-order valence-electron chi connectivity index (χ2n) is 5.63. The number of rotatable bonds is 7. The van der Waals surface area contributed by atoms with Gasteiger partial charge in [-0.15, -0.1) is 0 Å². The van der Waals surface area contributed by atoms with E-state index in [1.807, 2.05) is 23.1 Å². The Balaban J connectivity index is 2.19. The molecule has 0 bridgehead atoms. The molecule has 1 heterocycles. The Morgan fingerprint density at radius 3 is 2.35 bits per heavy atom. The van der Waals surface area contributed by atoms with Gasteiger partial charge >= 0.3 is 0 Å². The molecule has 1 N–H and O–H groups in total. The summed E-state index contributed by atoms with van der Waals surface area (Å²) in [7, 11) is 0. The fourth-order valence-corrected chi connectivity index (χ4v) is 2.80. The van der Waals surface area contributed by atoms with Gasteiger partial charge in [0.2, 0.25) is 5.56 Å². The number of carbonyl (C=O) groups is 1. The summed E-state index contributed by atoms with van der Waals surface area (Å²) in [5, 5.41) is 0. The van der Waals surface area contributed by atoms with Gasteiger partial charge in [-0.25, -0.2) is 0 Å². The van der Waals surface area contributed by atoms with Gasteiger partial charge in [0.1, 0.15) is 5.69 Å². The monoisotopic (exact) mass is 312 g/mol. The van der Waals surface area contributed by atoms with Gasteiger partial charge in [-0.3, -0.25) is 9.59 Å². The maximum atomic E-state index is 12.8. The summed E-state index contributed by atoms with van der Waals surface area (Å²) >= 11 is 0. The summed E-state index contributed by atoms with van der Waals surface area (Å²) < 4.78 is 0. The minimum Gasteiger partial charge on any atom is -0.334 e. The lowest BCUT2D eigenvalue weighted by molar-refractivity contribution is 0.0663. The fraction of sp³-hybridized carbons (Fsp3) is 0.368. The molecule has 0 aliphatic heterocycles. The number of pyridine rings is 1. The number of carbonyl (C=O) groups excluding carboxylic acids is 1. The number of nitrogens with zero attached hydrogens (tertiary/aromatic N) is 1. The second-order valence-corrected chi connectivity index (χ2v) is 5.63. The SMILES string of the molecule is CCC(CC)N(CCc1ccccc1)C(=O)c1cccc(=O)[nH]1. The zero-order valence-electron chi connectivity index (χ0n) is 13.8. The summed E-state index contributed by atoms with van der Waals surface area (Å²) in [4.78, 5) is 28.8. The molecule has 2 rings (SSSR count). The summed E-state index contributed by atoms with van der Waals surface area (Å²) in [6.07, 6.45) is 2.60. The van der Waals surface area contributed by atoms with Gasteiger partial charge in [-0.1, -0.05) is 50.2 Å². The molecular weight excluding hydrogens is 288 g/mol. The Kier molecular flexibility index (Phi) is 6.15. The molecule has 23 heavy (non-hydrogen) atoms. The second kappa shape index (κ2) is 8.32. The van der Waals surface area contributed by atoms with E-state index in [0.717, 1.165) is 19.3 Å².